The number of hydrogen-bond donors (Lipinski definition) is 2. The number of nitro groups is 1. The predicted molar refractivity (Wildman–Crippen MR) is 99.5 cm³/mol. The molecule has 0 unspecified atom stereocenters. The first-order valence-electron chi connectivity index (χ1n) is 7.69. The summed E-state index contributed by atoms with van der Waals surface area (Å²) in [6.07, 6.45) is 0. The predicted octanol–water partition coefficient (Wildman–Crippen LogP) is 2.46. The maximum Gasteiger partial charge on any atom is 0.273 e. The minimum atomic E-state index is -0.691. The smallest absolute Gasteiger partial charge is 0.273 e. The first-order valence-corrected chi connectivity index (χ1v) is 8.48. The van der Waals surface area contributed by atoms with Gasteiger partial charge in [0.1, 0.15) is 12.4 Å². The third-order valence-electron chi connectivity index (χ3n) is 3.34. The summed E-state index contributed by atoms with van der Waals surface area (Å²) in [5, 5.41) is 10.8. The number of rotatable bonds is 7. The maximum absolute atomic E-state index is 12.4. The highest BCUT2D eigenvalue weighted by atomic mass is 79.9. The molecule has 0 radical (unpaired) electrons. The van der Waals surface area contributed by atoms with Gasteiger partial charge in [0.25, 0.3) is 17.5 Å². The molecule has 0 spiro atoms. The van der Waals surface area contributed by atoms with Crippen LogP contribution in [0.3, 0.4) is 0 Å². The summed E-state index contributed by atoms with van der Waals surface area (Å²) >= 11 is 3.27. The van der Waals surface area contributed by atoms with Gasteiger partial charge in [-0.2, -0.15) is 0 Å². The van der Waals surface area contributed by atoms with Gasteiger partial charge in [0, 0.05) is 29.3 Å². The average Bonchev–Trinajstić information content (AvgIpc) is 2.67. The summed E-state index contributed by atoms with van der Waals surface area (Å²) in [5.74, 6) is -0.983. The number of non-ortho nitro benzene ring substituents is 1. The SMILES string of the molecule is COCCOc1ccc(Br)cc1C(=O)NNC(=O)c1cccc([N+](=O)[O-])c1. The van der Waals surface area contributed by atoms with E-state index >= 15 is 0 Å². The Kier molecular flexibility index (Phi) is 7.26. The van der Waals surface area contributed by atoms with Gasteiger partial charge in [-0.25, -0.2) is 0 Å². The van der Waals surface area contributed by atoms with Gasteiger partial charge in [0.2, 0.25) is 0 Å². The van der Waals surface area contributed by atoms with Gasteiger partial charge in [-0.1, -0.05) is 22.0 Å². The van der Waals surface area contributed by atoms with Gasteiger partial charge in [-0.3, -0.25) is 30.6 Å². The van der Waals surface area contributed by atoms with Crippen molar-refractivity contribution in [2.24, 2.45) is 0 Å². The van der Waals surface area contributed by atoms with Crippen molar-refractivity contribution in [3.8, 4) is 5.75 Å². The molecule has 0 aliphatic carbocycles. The molecule has 0 aliphatic heterocycles. The van der Waals surface area contributed by atoms with Crippen molar-refractivity contribution in [3.05, 3.63) is 68.2 Å². The normalized spacial score (nSPS) is 10.1. The third-order valence-corrected chi connectivity index (χ3v) is 3.83. The molecule has 0 heterocycles. The number of carbonyl (C=O) groups excluding carboxylic acids is 2. The van der Waals surface area contributed by atoms with E-state index in [1.807, 2.05) is 0 Å². The number of nitrogens with zero attached hydrogens (tertiary/aromatic N) is 1. The van der Waals surface area contributed by atoms with Crippen molar-refractivity contribution in [2.45, 2.75) is 0 Å². The highest BCUT2D eigenvalue weighted by Gasteiger charge is 2.16. The van der Waals surface area contributed by atoms with E-state index in [1.54, 1.807) is 12.1 Å². The molecule has 2 amide bonds. The van der Waals surface area contributed by atoms with Crippen LogP contribution in [-0.4, -0.2) is 37.1 Å². The molecule has 0 aliphatic rings. The fourth-order valence-corrected chi connectivity index (χ4v) is 2.42. The minimum Gasteiger partial charge on any atom is -0.490 e. The Morgan fingerprint density at radius 2 is 1.85 bits per heavy atom. The molecule has 2 N–H and O–H groups in total. The minimum absolute atomic E-state index is 0.0373. The number of benzene rings is 2. The zero-order valence-corrected chi connectivity index (χ0v) is 15.8. The Morgan fingerprint density at radius 3 is 2.56 bits per heavy atom. The Bertz CT molecular complexity index is 858. The highest BCUT2D eigenvalue weighted by Crippen LogP contribution is 2.23. The number of carbonyl (C=O) groups is 2. The number of ether oxygens (including phenoxy) is 2. The Morgan fingerprint density at radius 1 is 1.11 bits per heavy atom. The van der Waals surface area contributed by atoms with Crippen LogP contribution in [-0.2, 0) is 4.74 Å². The second-order valence-corrected chi connectivity index (χ2v) is 6.11. The number of nitro benzene ring substituents is 1. The lowest BCUT2D eigenvalue weighted by Crippen LogP contribution is -2.41. The Hall–Kier alpha value is -2.98. The second kappa shape index (κ2) is 9.64. The van der Waals surface area contributed by atoms with Gasteiger partial charge in [0.05, 0.1) is 17.1 Å². The molecule has 2 rings (SSSR count). The highest BCUT2D eigenvalue weighted by molar-refractivity contribution is 9.10. The molecule has 0 saturated carbocycles. The van der Waals surface area contributed by atoms with E-state index in [-0.39, 0.29) is 23.4 Å². The summed E-state index contributed by atoms with van der Waals surface area (Å²) in [4.78, 5) is 34.7. The van der Waals surface area contributed by atoms with Crippen LogP contribution >= 0.6 is 15.9 Å². The number of hydrazine groups is 1. The van der Waals surface area contributed by atoms with Crippen molar-refractivity contribution < 1.29 is 24.0 Å². The van der Waals surface area contributed by atoms with Gasteiger partial charge in [0.15, 0.2) is 0 Å². The van der Waals surface area contributed by atoms with Crippen LogP contribution in [0.1, 0.15) is 20.7 Å². The van der Waals surface area contributed by atoms with Crippen LogP contribution in [0.5, 0.6) is 5.75 Å². The van der Waals surface area contributed by atoms with E-state index in [4.69, 9.17) is 9.47 Å². The van der Waals surface area contributed by atoms with Gasteiger partial charge >= 0.3 is 0 Å². The van der Waals surface area contributed by atoms with Crippen molar-refractivity contribution in [1.82, 2.24) is 10.9 Å². The number of hydrogen-bond acceptors (Lipinski definition) is 6. The van der Waals surface area contributed by atoms with Crippen molar-refractivity contribution in [3.63, 3.8) is 0 Å². The molecule has 0 bridgehead atoms. The molecule has 0 atom stereocenters. The van der Waals surface area contributed by atoms with E-state index in [0.29, 0.717) is 16.8 Å². The first-order chi connectivity index (χ1) is 12.9. The molecule has 2 aromatic carbocycles. The van der Waals surface area contributed by atoms with Crippen LogP contribution in [0, 0.1) is 10.1 Å². The van der Waals surface area contributed by atoms with Crippen LogP contribution in [0.4, 0.5) is 5.69 Å². The molecule has 142 valence electrons. The number of methoxy groups -OCH3 is 1. The zero-order chi connectivity index (χ0) is 19.8. The van der Waals surface area contributed by atoms with Gasteiger partial charge in [-0.05, 0) is 24.3 Å². The van der Waals surface area contributed by atoms with Gasteiger partial charge in [-0.15, -0.1) is 0 Å². The summed E-state index contributed by atoms with van der Waals surface area (Å²) < 4.78 is 11.0. The summed E-state index contributed by atoms with van der Waals surface area (Å²) in [7, 11) is 1.53. The third kappa shape index (κ3) is 5.76. The topological polar surface area (TPSA) is 120 Å². The van der Waals surface area contributed by atoms with Crippen LogP contribution in [0.15, 0.2) is 46.9 Å². The average molecular weight is 438 g/mol. The molecule has 2 aromatic rings. The largest absolute Gasteiger partial charge is 0.490 e. The fraction of sp³-hybridized carbons (Fsp3) is 0.176. The molecular formula is C17H16BrN3O6. The van der Waals surface area contributed by atoms with Crippen molar-refractivity contribution >= 4 is 33.4 Å². The van der Waals surface area contributed by atoms with E-state index < -0.39 is 16.7 Å². The number of amides is 2. The Balaban J connectivity index is 2.06. The van der Waals surface area contributed by atoms with E-state index in [0.717, 1.165) is 6.07 Å². The lowest BCUT2D eigenvalue weighted by Gasteiger charge is -2.12. The summed E-state index contributed by atoms with van der Waals surface area (Å²) in [5.41, 5.74) is 4.49. The first kappa shape index (κ1) is 20.3. The lowest BCUT2D eigenvalue weighted by atomic mass is 10.2. The second-order valence-electron chi connectivity index (χ2n) is 5.20. The van der Waals surface area contributed by atoms with Crippen LogP contribution in [0.25, 0.3) is 0 Å². The molecule has 0 saturated heterocycles. The van der Waals surface area contributed by atoms with Crippen LogP contribution < -0.4 is 15.6 Å². The monoisotopic (exact) mass is 437 g/mol. The zero-order valence-electron chi connectivity index (χ0n) is 14.2. The lowest BCUT2D eigenvalue weighted by molar-refractivity contribution is -0.384. The number of halogens is 1. The van der Waals surface area contributed by atoms with E-state index in [1.165, 1.54) is 31.4 Å². The summed E-state index contributed by atoms with van der Waals surface area (Å²) in [6, 6.07) is 10.0. The molecule has 10 heteroatoms. The fourth-order valence-electron chi connectivity index (χ4n) is 2.05. The molecule has 0 fully saturated rings. The molecular weight excluding hydrogens is 422 g/mol. The van der Waals surface area contributed by atoms with E-state index in [9.17, 15) is 19.7 Å². The van der Waals surface area contributed by atoms with Crippen molar-refractivity contribution in [1.29, 1.82) is 0 Å². The molecule has 9 nitrogen and oxygen atoms in total. The standard InChI is InChI=1S/C17H16BrN3O6/c1-26-7-8-27-15-6-5-12(18)10-14(15)17(23)20-19-16(22)11-3-2-4-13(9-11)21(24)25/h2-6,9-10H,7-8H2,1H3,(H,19,22)(H,20,23). The maximum atomic E-state index is 12.4. The number of nitrogens with one attached hydrogen (secondary N) is 2. The quantitative estimate of drug-likeness (QED) is 0.389. The Labute approximate surface area is 162 Å². The van der Waals surface area contributed by atoms with Gasteiger partial charge < -0.3 is 9.47 Å². The van der Waals surface area contributed by atoms with E-state index in [2.05, 4.69) is 26.8 Å². The molecule has 27 heavy (non-hydrogen) atoms. The molecule has 0 aromatic heterocycles. The summed E-state index contributed by atoms with van der Waals surface area (Å²) in [6.45, 7) is 0.596. The van der Waals surface area contributed by atoms with Crippen molar-refractivity contribution in [2.75, 3.05) is 20.3 Å². The van der Waals surface area contributed by atoms with Crippen LogP contribution in [0.2, 0.25) is 0 Å².